The van der Waals surface area contributed by atoms with E-state index in [4.69, 9.17) is 5.73 Å². The molecule has 1 aromatic rings. The minimum absolute atomic E-state index is 0.215. The first-order valence-electron chi connectivity index (χ1n) is 4.73. The summed E-state index contributed by atoms with van der Waals surface area (Å²) in [6, 6.07) is 0. The smallest absolute Gasteiger partial charge is 0.187 e. The van der Waals surface area contributed by atoms with E-state index in [9.17, 15) is 8.42 Å². The molecule has 2 rings (SSSR count). The summed E-state index contributed by atoms with van der Waals surface area (Å²) in [5, 5.41) is 1.49. The number of hydrogen-bond acceptors (Lipinski definition) is 6. The summed E-state index contributed by atoms with van der Waals surface area (Å²) in [5.41, 5.74) is 5.59. The van der Waals surface area contributed by atoms with Gasteiger partial charge >= 0.3 is 0 Å². The quantitative estimate of drug-likeness (QED) is 0.775. The second kappa shape index (κ2) is 3.97. The summed E-state index contributed by atoms with van der Waals surface area (Å²) in [5.74, 6) is 0.497. The zero-order valence-electron chi connectivity index (χ0n) is 8.22. The van der Waals surface area contributed by atoms with Gasteiger partial charge in [-0.2, -0.15) is 0 Å². The lowest BCUT2D eigenvalue weighted by Crippen LogP contribution is -2.26. The Kier molecular flexibility index (Phi) is 2.83. The zero-order valence-corrected chi connectivity index (χ0v) is 9.85. The maximum absolute atomic E-state index is 11.4. The second-order valence-corrected chi connectivity index (χ2v) is 6.88. The van der Waals surface area contributed by atoms with Gasteiger partial charge in [0.25, 0.3) is 0 Å². The number of sulfone groups is 1. The molecule has 0 aromatic carbocycles. The van der Waals surface area contributed by atoms with Crippen molar-refractivity contribution >= 4 is 31.3 Å². The number of nitrogens with two attached hydrogens (primary N) is 1. The molecule has 1 saturated heterocycles. The number of nitrogen functional groups attached to an aromatic ring is 1. The van der Waals surface area contributed by atoms with E-state index in [1.807, 2.05) is 4.90 Å². The average Bonchev–Trinajstić information content (AvgIpc) is 2.49. The summed E-state index contributed by atoms with van der Waals surface area (Å²) in [6.45, 7) is 1.27. The normalized spacial score (nSPS) is 21.2. The number of rotatable bonds is 1. The Morgan fingerprint density at radius 3 is 2.87 bits per heavy atom. The molecule has 0 unspecified atom stereocenters. The Bertz CT molecular complexity index is 440. The van der Waals surface area contributed by atoms with Gasteiger partial charge in [0.2, 0.25) is 0 Å². The van der Waals surface area contributed by atoms with E-state index < -0.39 is 9.84 Å². The predicted octanol–water partition coefficient (Wildman–Crippen LogP) is 0.350. The predicted molar refractivity (Wildman–Crippen MR) is 62.0 cm³/mol. The molecule has 7 heteroatoms. The van der Waals surface area contributed by atoms with Crippen LogP contribution in [0.4, 0.5) is 10.1 Å². The maximum Gasteiger partial charge on any atom is 0.187 e. The Labute approximate surface area is 92.8 Å². The molecule has 2 heterocycles. The van der Waals surface area contributed by atoms with Crippen LogP contribution in [-0.2, 0) is 9.84 Å². The number of hydrogen-bond donors (Lipinski definition) is 1. The molecule has 0 amide bonds. The third-order valence-electron chi connectivity index (χ3n) is 2.34. The first-order valence-corrected chi connectivity index (χ1v) is 7.37. The summed E-state index contributed by atoms with van der Waals surface area (Å²) < 4.78 is 22.8. The summed E-state index contributed by atoms with van der Waals surface area (Å²) in [6.07, 6.45) is 2.28. The fraction of sp³-hybridized carbons (Fsp3) is 0.625. The molecular formula is C8H13N3O2S2. The average molecular weight is 247 g/mol. The van der Waals surface area contributed by atoms with Crippen molar-refractivity contribution < 1.29 is 8.42 Å². The maximum atomic E-state index is 11.4. The van der Waals surface area contributed by atoms with Crippen LogP contribution in [0.3, 0.4) is 0 Å². The van der Waals surface area contributed by atoms with Gasteiger partial charge in [-0.1, -0.05) is 11.3 Å². The third-order valence-corrected chi connectivity index (χ3v) is 4.94. The largest absolute Gasteiger partial charge is 0.389 e. The lowest BCUT2D eigenvalue weighted by atomic mass is 10.4. The van der Waals surface area contributed by atoms with Crippen LogP contribution in [-0.4, -0.2) is 38.0 Å². The van der Waals surface area contributed by atoms with Crippen LogP contribution in [0.2, 0.25) is 0 Å². The lowest BCUT2D eigenvalue weighted by molar-refractivity contribution is 0.597. The van der Waals surface area contributed by atoms with Crippen molar-refractivity contribution in [1.29, 1.82) is 0 Å². The Balaban J connectivity index is 2.12. The third kappa shape index (κ3) is 2.60. The van der Waals surface area contributed by atoms with Crippen molar-refractivity contribution in [2.24, 2.45) is 0 Å². The summed E-state index contributed by atoms with van der Waals surface area (Å²) in [4.78, 5) is 6.15. The minimum atomic E-state index is -2.85. The monoisotopic (exact) mass is 247 g/mol. The molecular weight excluding hydrogens is 234 g/mol. The number of nitrogens with zero attached hydrogens (tertiary/aromatic N) is 2. The number of anilines is 2. The van der Waals surface area contributed by atoms with Gasteiger partial charge < -0.3 is 10.6 Å². The Hall–Kier alpha value is -0.820. The van der Waals surface area contributed by atoms with Crippen molar-refractivity contribution in [3.63, 3.8) is 0 Å². The molecule has 2 N–H and O–H groups in total. The fourth-order valence-electron chi connectivity index (χ4n) is 1.55. The molecule has 1 aromatic heterocycles. The number of aromatic nitrogens is 1. The summed E-state index contributed by atoms with van der Waals surface area (Å²) in [7, 11) is -2.85. The van der Waals surface area contributed by atoms with E-state index in [1.165, 1.54) is 11.3 Å². The highest BCUT2D eigenvalue weighted by Gasteiger charge is 2.20. The molecule has 1 fully saturated rings. The fourth-order valence-corrected chi connectivity index (χ4v) is 3.56. The second-order valence-electron chi connectivity index (χ2n) is 3.54. The zero-order chi connectivity index (χ0) is 10.9. The van der Waals surface area contributed by atoms with Gasteiger partial charge in [-0.05, 0) is 6.42 Å². The van der Waals surface area contributed by atoms with E-state index in [0.29, 0.717) is 18.0 Å². The molecule has 84 valence electrons. The van der Waals surface area contributed by atoms with Crippen LogP contribution in [0.5, 0.6) is 0 Å². The Morgan fingerprint density at radius 1 is 1.40 bits per heavy atom. The van der Waals surface area contributed by atoms with Crippen molar-refractivity contribution in [3.8, 4) is 0 Å². The van der Waals surface area contributed by atoms with Crippen molar-refractivity contribution in [2.75, 3.05) is 35.2 Å². The molecule has 0 saturated carbocycles. The van der Waals surface area contributed by atoms with Crippen LogP contribution >= 0.6 is 11.3 Å². The van der Waals surface area contributed by atoms with Gasteiger partial charge in [0.1, 0.15) is 5.00 Å². The van der Waals surface area contributed by atoms with Crippen molar-refractivity contribution in [2.45, 2.75) is 6.42 Å². The molecule has 0 radical (unpaired) electrons. The van der Waals surface area contributed by atoms with E-state index in [2.05, 4.69) is 4.98 Å². The van der Waals surface area contributed by atoms with Crippen LogP contribution in [0.1, 0.15) is 6.42 Å². The number of thiazole rings is 1. The van der Waals surface area contributed by atoms with Gasteiger partial charge in [-0.15, -0.1) is 0 Å². The van der Waals surface area contributed by atoms with Gasteiger partial charge in [0.05, 0.1) is 17.7 Å². The van der Waals surface area contributed by atoms with E-state index in [-0.39, 0.29) is 11.5 Å². The van der Waals surface area contributed by atoms with Crippen LogP contribution < -0.4 is 10.6 Å². The highest BCUT2D eigenvalue weighted by atomic mass is 32.2. The summed E-state index contributed by atoms with van der Waals surface area (Å²) >= 11 is 1.40. The first-order chi connectivity index (χ1) is 7.07. The highest BCUT2D eigenvalue weighted by Crippen LogP contribution is 2.25. The van der Waals surface area contributed by atoms with Crippen LogP contribution in [0.15, 0.2) is 6.20 Å². The first kappa shape index (κ1) is 10.7. The van der Waals surface area contributed by atoms with Crippen molar-refractivity contribution in [1.82, 2.24) is 4.98 Å². The van der Waals surface area contributed by atoms with E-state index in [1.54, 1.807) is 6.20 Å². The van der Waals surface area contributed by atoms with Crippen LogP contribution in [0.25, 0.3) is 0 Å². The minimum Gasteiger partial charge on any atom is -0.389 e. The molecule has 1 aliphatic heterocycles. The van der Waals surface area contributed by atoms with Gasteiger partial charge in [0, 0.05) is 13.1 Å². The van der Waals surface area contributed by atoms with E-state index in [0.717, 1.165) is 11.7 Å². The molecule has 15 heavy (non-hydrogen) atoms. The standard InChI is InChI=1S/C8H13N3O2S2/c9-7-6-10-8(14-7)11-2-1-4-15(12,13)5-3-11/h6H,1-5,9H2. The molecule has 0 spiro atoms. The SMILES string of the molecule is Nc1cnc(N2CCCS(=O)(=O)CC2)s1. The van der Waals surface area contributed by atoms with E-state index >= 15 is 0 Å². The van der Waals surface area contributed by atoms with Gasteiger partial charge in [-0.25, -0.2) is 13.4 Å². The Morgan fingerprint density at radius 2 is 2.20 bits per heavy atom. The van der Waals surface area contributed by atoms with Gasteiger partial charge in [0.15, 0.2) is 15.0 Å². The highest BCUT2D eigenvalue weighted by molar-refractivity contribution is 7.91. The topological polar surface area (TPSA) is 76.3 Å². The van der Waals surface area contributed by atoms with Gasteiger partial charge in [-0.3, -0.25) is 0 Å². The molecule has 0 atom stereocenters. The van der Waals surface area contributed by atoms with Crippen LogP contribution in [0, 0.1) is 0 Å². The molecule has 0 bridgehead atoms. The molecule has 0 aliphatic carbocycles. The molecule has 1 aliphatic rings. The lowest BCUT2D eigenvalue weighted by Gasteiger charge is -2.17. The van der Waals surface area contributed by atoms with Crippen molar-refractivity contribution in [3.05, 3.63) is 6.20 Å². The molecule has 5 nitrogen and oxygen atoms in total.